The van der Waals surface area contributed by atoms with Gasteiger partial charge in [0.1, 0.15) is 11.5 Å². The highest BCUT2D eigenvalue weighted by atomic mass is 32.1. The van der Waals surface area contributed by atoms with Gasteiger partial charge >= 0.3 is 0 Å². The Morgan fingerprint density at radius 3 is 2.59 bits per heavy atom. The molecular formula is C21H24N2O3S. The number of anilines is 1. The van der Waals surface area contributed by atoms with E-state index < -0.39 is 0 Å². The average molecular weight is 385 g/mol. The molecule has 0 aliphatic rings. The summed E-state index contributed by atoms with van der Waals surface area (Å²) in [7, 11) is 1.63. The summed E-state index contributed by atoms with van der Waals surface area (Å²) in [4.78, 5) is 16.5. The fraction of sp³-hybridized carbons (Fsp3) is 0.333. The van der Waals surface area contributed by atoms with E-state index in [4.69, 9.17) is 9.47 Å². The number of benzene rings is 2. The fourth-order valence-corrected chi connectivity index (χ4v) is 3.55. The molecule has 0 aliphatic heterocycles. The predicted molar refractivity (Wildman–Crippen MR) is 110 cm³/mol. The van der Waals surface area contributed by atoms with Gasteiger partial charge in [0.15, 0.2) is 5.13 Å². The van der Waals surface area contributed by atoms with Crippen LogP contribution in [-0.2, 0) is 4.79 Å². The van der Waals surface area contributed by atoms with E-state index in [9.17, 15) is 4.79 Å². The number of amides is 1. The van der Waals surface area contributed by atoms with Crippen molar-refractivity contribution in [2.45, 2.75) is 32.6 Å². The first-order valence-electron chi connectivity index (χ1n) is 9.02. The largest absolute Gasteiger partial charge is 0.497 e. The molecule has 27 heavy (non-hydrogen) atoms. The molecule has 0 saturated carbocycles. The quantitative estimate of drug-likeness (QED) is 0.541. The van der Waals surface area contributed by atoms with Gasteiger partial charge in [0.2, 0.25) is 5.91 Å². The summed E-state index contributed by atoms with van der Waals surface area (Å²) in [5, 5.41) is 3.46. The molecule has 3 aromatic rings. The van der Waals surface area contributed by atoms with Crippen molar-refractivity contribution >= 4 is 32.6 Å². The molecule has 1 aromatic heterocycles. The molecule has 1 amide bonds. The summed E-state index contributed by atoms with van der Waals surface area (Å²) in [6, 6.07) is 13.8. The van der Waals surface area contributed by atoms with Gasteiger partial charge in [0.05, 0.1) is 23.9 Å². The Morgan fingerprint density at radius 2 is 1.89 bits per heavy atom. The first-order chi connectivity index (χ1) is 13.0. The Labute approximate surface area is 163 Å². The van der Waals surface area contributed by atoms with Gasteiger partial charge in [-0.05, 0) is 48.2 Å². The van der Waals surface area contributed by atoms with Gasteiger partial charge in [-0.1, -0.05) is 37.3 Å². The number of fused-ring (bicyclic) bond motifs is 1. The van der Waals surface area contributed by atoms with E-state index in [1.165, 1.54) is 16.9 Å². The number of aromatic nitrogens is 1. The number of nitrogens with zero attached hydrogens (tertiary/aromatic N) is 1. The molecule has 3 rings (SSSR count). The van der Waals surface area contributed by atoms with Crippen molar-refractivity contribution in [3.05, 3.63) is 48.0 Å². The number of methoxy groups -OCH3 is 1. The molecule has 0 bridgehead atoms. The highest BCUT2D eigenvalue weighted by Crippen LogP contribution is 2.29. The van der Waals surface area contributed by atoms with Crippen LogP contribution in [0, 0.1) is 0 Å². The minimum absolute atomic E-state index is 0.0558. The van der Waals surface area contributed by atoms with Gasteiger partial charge in [0.25, 0.3) is 0 Å². The average Bonchev–Trinajstić information content (AvgIpc) is 3.06. The second-order valence-electron chi connectivity index (χ2n) is 6.58. The van der Waals surface area contributed by atoms with Crippen LogP contribution in [0.3, 0.4) is 0 Å². The minimum atomic E-state index is -0.0558. The number of ether oxygens (including phenoxy) is 2. The Hall–Kier alpha value is -2.60. The summed E-state index contributed by atoms with van der Waals surface area (Å²) in [6.45, 7) is 4.83. The zero-order chi connectivity index (χ0) is 19.2. The molecule has 142 valence electrons. The predicted octanol–water partition coefficient (Wildman–Crippen LogP) is 5.23. The monoisotopic (exact) mass is 384 g/mol. The van der Waals surface area contributed by atoms with Gasteiger partial charge in [-0.2, -0.15) is 0 Å². The van der Waals surface area contributed by atoms with E-state index in [0.29, 0.717) is 30.5 Å². The molecule has 0 fully saturated rings. The molecule has 5 nitrogen and oxygen atoms in total. The van der Waals surface area contributed by atoms with Crippen molar-refractivity contribution in [1.29, 1.82) is 0 Å². The molecule has 0 spiro atoms. The lowest BCUT2D eigenvalue weighted by atomic mass is 10.0. The molecule has 1 heterocycles. The van der Waals surface area contributed by atoms with Crippen molar-refractivity contribution in [3.8, 4) is 11.5 Å². The van der Waals surface area contributed by atoms with Gasteiger partial charge in [-0.25, -0.2) is 4.98 Å². The normalized spacial score (nSPS) is 11.0. The number of nitrogens with one attached hydrogen (secondary N) is 1. The van der Waals surface area contributed by atoms with Crippen LogP contribution in [0.15, 0.2) is 42.5 Å². The maximum absolute atomic E-state index is 12.1. The zero-order valence-corrected chi connectivity index (χ0v) is 16.6. The van der Waals surface area contributed by atoms with Gasteiger partial charge in [-0.15, -0.1) is 0 Å². The third kappa shape index (κ3) is 5.20. The topological polar surface area (TPSA) is 60.5 Å². The number of carbonyl (C=O) groups excluding carboxylic acids is 1. The van der Waals surface area contributed by atoms with Crippen LogP contribution in [0.2, 0.25) is 0 Å². The Morgan fingerprint density at radius 1 is 1.15 bits per heavy atom. The third-order valence-electron chi connectivity index (χ3n) is 4.21. The Bertz CT molecular complexity index is 903. The van der Waals surface area contributed by atoms with Crippen LogP contribution < -0.4 is 14.8 Å². The van der Waals surface area contributed by atoms with E-state index in [2.05, 4.69) is 36.3 Å². The van der Waals surface area contributed by atoms with Crippen LogP contribution in [-0.4, -0.2) is 24.6 Å². The van der Waals surface area contributed by atoms with Gasteiger partial charge < -0.3 is 14.8 Å². The molecular weight excluding hydrogens is 360 g/mol. The standard InChI is InChI=1S/C21H24N2O3S/c1-14(2)15-6-8-16(9-7-15)26-12-4-5-20(24)23-21-22-18-11-10-17(25-3)13-19(18)27-21/h6-11,13-14H,4-5,12H2,1-3H3,(H,22,23,24). The van der Waals surface area contributed by atoms with Crippen LogP contribution in [0.25, 0.3) is 10.2 Å². The van der Waals surface area contributed by atoms with E-state index in [-0.39, 0.29) is 5.91 Å². The highest BCUT2D eigenvalue weighted by molar-refractivity contribution is 7.22. The number of hydrogen-bond acceptors (Lipinski definition) is 5. The van der Waals surface area contributed by atoms with E-state index in [1.807, 2.05) is 30.3 Å². The maximum atomic E-state index is 12.1. The first kappa shape index (κ1) is 19.2. The van der Waals surface area contributed by atoms with E-state index >= 15 is 0 Å². The lowest BCUT2D eigenvalue weighted by molar-refractivity contribution is -0.116. The van der Waals surface area contributed by atoms with Crippen LogP contribution in [0.5, 0.6) is 11.5 Å². The second-order valence-corrected chi connectivity index (χ2v) is 7.61. The SMILES string of the molecule is COc1ccc2nc(NC(=O)CCCOc3ccc(C(C)C)cc3)sc2c1. The fourth-order valence-electron chi connectivity index (χ4n) is 2.64. The van der Waals surface area contributed by atoms with Crippen molar-refractivity contribution < 1.29 is 14.3 Å². The molecule has 6 heteroatoms. The molecule has 0 saturated heterocycles. The molecule has 2 aromatic carbocycles. The molecule has 0 aliphatic carbocycles. The van der Waals surface area contributed by atoms with Crippen molar-refractivity contribution in [2.24, 2.45) is 0 Å². The Balaban J connectivity index is 1.44. The number of hydrogen-bond donors (Lipinski definition) is 1. The van der Waals surface area contributed by atoms with Gasteiger partial charge in [0, 0.05) is 6.42 Å². The van der Waals surface area contributed by atoms with E-state index in [1.54, 1.807) is 7.11 Å². The summed E-state index contributed by atoms with van der Waals surface area (Å²) < 4.78 is 11.9. The van der Waals surface area contributed by atoms with Gasteiger partial charge in [-0.3, -0.25) is 4.79 Å². The third-order valence-corrected chi connectivity index (χ3v) is 5.14. The van der Waals surface area contributed by atoms with Crippen molar-refractivity contribution in [3.63, 3.8) is 0 Å². The summed E-state index contributed by atoms with van der Waals surface area (Å²) in [5.74, 6) is 2.06. The summed E-state index contributed by atoms with van der Waals surface area (Å²) in [5.41, 5.74) is 2.14. The molecule has 1 N–H and O–H groups in total. The van der Waals surface area contributed by atoms with Crippen LogP contribution in [0.4, 0.5) is 5.13 Å². The number of rotatable bonds is 8. The van der Waals surface area contributed by atoms with Crippen LogP contribution in [0.1, 0.15) is 38.2 Å². The molecule has 0 unspecified atom stereocenters. The highest BCUT2D eigenvalue weighted by Gasteiger charge is 2.09. The smallest absolute Gasteiger partial charge is 0.226 e. The van der Waals surface area contributed by atoms with E-state index in [0.717, 1.165) is 21.7 Å². The second kappa shape index (κ2) is 8.86. The lowest BCUT2D eigenvalue weighted by Crippen LogP contribution is -2.12. The summed E-state index contributed by atoms with van der Waals surface area (Å²) >= 11 is 1.44. The number of thiazole rings is 1. The Kier molecular flexibility index (Phi) is 6.29. The zero-order valence-electron chi connectivity index (χ0n) is 15.8. The van der Waals surface area contributed by atoms with Crippen molar-refractivity contribution in [1.82, 2.24) is 4.98 Å². The summed E-state index contributed by atoms with van der Waals surface area (Å²) in [6.07, 6.45) is 1.04. The molecule has 0 atom stereocenters. The first-order valence-corrected chi connectivity index (χ1v) is 9.84. The van der Waals surface area contributed by atoms with Crippen LogP contribution >= 0.6 is 11.3 Å². The number of carbonyl (C=O) groups is 1. The van der Waals surface area contributed by atoms with Crippen molar-refractivity contribution in [2.75, 3.05) is 19.0 Å². The minimum Gasteiger partial charge on any atom is -0.497 e. The lowest BCUT2D eigenvalue weighted by Gasteiger charge is -2.08. The maximum Gasteiger partial charge on any atom is 0.226 e. The molecule has 0 radical (unpaired) electrons.